The Bertz CT molecular complexity index is 375. The zero-order valence-corrected chi connectivity index (χ0v) is 10.3. The molecular formula is C14H19NO2. The van der Waals surface area contributed by atoms with Crippen LogP contribution in [0.1, 0.15) is 31.9 Å². The number of hydrogen-bond acceptors (Lipinski definition) is 3. The highest BCUT2D eigenvalue weighted by Crippen LogP contribution is 2.30. The molecule has 3 nitrogen and oxygen atoms in total. The standard InChI is InChI=1S/C14H19NO2/c1-10(2)17-14(16)12-8-9-15-13(12)11-6-4-3-5-7-11/h3-7,10,12-13,15H,8-9H2,1-2H3/t12-,13-/m0/s1. The topological polar surface area (TPSA) is 38.3 Å². The van der Waals surface area contributed by atoms with Gasteiger partial charge in [0.15, 0.2) is 0 Å². The summed E-state index contributed by atoms with van der Waals surface area (Å²) in [5.74, 6) is -0.140. The molecule has 0 aromatic heterocycles. The van der Waals surface area contributed by atoms with Crippen LogP contribution in [0, 0.1) is 5.92 Å². The summed E-state index contributed by atoms with van der Waals surface area (Å²) in [6.45, 7) is 4.65. The Kier molecular flexibility index (Phi) is 3.79. The minimum atomic E-state index is -0.0844. The smallest absolute Gasteiger partial charge is 0.311 e. The molecule has 17 heavy (non-hydrogen) atoms. The molecule has 0 unspecified atom stereocenters. The molecule has 92 valence electrons. The fourth-order valence-electron chi connectivity index (χ4n) is 2.29. The first kappa shape index (κ1) is 12.1. The fourth-order valence-corrected chi connectivity index (χ4v) is 2.29. The van der Waals surface area contributed by atoms with Crippen LogP contribution in [-0.4, -0.2) is 18.6 Å². The first-order valence-corrected chi connectivity index (χ1v) is 6.17. The second-order valence-corrected chi connectivity index (χ2v) is 4.72. The van der Waals surface area contributed by atoms with Crippen molar-refractivity contribution >= 4 is 5.97 Å². The average Bonchev–Trinajstić information content (AvgIpc) is 2.78. The highest BCUT2D eigenvalue weighted by Gasteiger charge is 2.35. The Morgan fingerprint density at radius 1 is 1.35 bits per heavy atom. The number of carbonyl (C=O) groups is 1. The lowest BCUT2D eigenvalue weighted by Gasteiger charge is -2.20. The van der Waals surface area contributed by atoms with Crippen molar-refractivity contribution in [3.05, 3.63) is 35.9 Å². The molecule has 2 atom stereocenters. The maximum Gasteiger partial charge on any atom is 0.311 e. The zero-order chi connectivity index (χ0) is 12.3. The minimum Gasteiger partial charge on any atom is -0.463 e. The number of carbonyl (C=O) groups excluding carboxylic acids is 1. The molecule has 1 aromatic rings. The van der Waals surface area contributed by atoms with Gasteiger partial charge in [0.05, 0.1) is 12.0 Å². The first-order valence-electron chi connectivity index (χ1n) is 6.17. The summed E-state index contributed by atoms with van der Waals surface area (Å²) in [5.41, 5.74) is 1.16. The van der Waals surface area contributed by atoms with Gasteiger partial charge in [-0.05, 0) is 32.4 Å². The van der Waals surface area contributed by atoms with Crippen LogP contribution in [0.5, 0.6) is 0 Å². The third kappa shape index (κ3) is 2.86. The lowest BCUT2D eigenvalue weighted by atomic mass is 9.94. The first-order chi connectivity index (χ1) is 8.18. The Morgan fingerprint density at radius 2 is 2.06 bits per heavy atom. The van der Waals surface area contributed by atoms with Crippen molar-refractivity contribution in [1.29, 1.82) is 0 Å². The maximum atomic E-state index is 12.0. The highest BCUT2D eigenvalue weighted by atomic mass is 16.5. The quantitative estimate of drug-likeness (QED) is 0.814. The lowest BCUT2D eigenvalue weighted by Crippen LogP contribution is -2.26. The molecule has 1 aliphatic heterocycles. The van der Waals surface area contributed by atoms with Gasteiger partial charge in [0, 0.05) is 6.04 Å². The summed E-state index contributed by atoms with van der Waals surface area (Å²) in [7, 11) is 0. The lowest BCUT2D eigenvalue weighted by molar-refractivity contribution is -0.152. The van der Waals surface area contributed by atoms with Crippen molar-refractivity contribution in [1.82, 2.24) is 5.32 Å². The number of rotatable bonds is 3. The second kappa shape index (κ2) is 5.32. The molecule has 1 aromatic carbocycles. The van der Waals surface area contributed by atoms with E-state index in [1.165, 1.54) is 0 Å². The van der Waals surface area contributed by atoms with Crippen molar-refractivity contribution in [2.24, 2.45) is 5.92 Å². The molecule has 1 aliphatic rings. The largest absolute Gasteiger partial charge is 0.463 e. The Balaban J connectivity index is 2.10. The predicted octanol–water partition coefficient (Wildman–Crippen LogP) is 2.29. The van der Waals surface area contributed by atoms with Crippen molar-refractivity contribution in [3.63, 3.8) is 0 Å². The number of hydrogen-bond donors (Lipinski definition) is 1. The number of nitrogens with one attached hydrogen (secondary N) is 1. The summed E-state index contributed by atoms with van der Waals surface area (Å²) in [5, 5.41) is 3.38. The van der Waals surface area contributed by atoms with E-state index in [-0.39, 0.29) is 24.0 Å². The van der Waals surface area contributed by atoms with Crippen molar-refractivity contribution < 1.29 is 9.53 Å². The summed E-state index contributed by atoms with van der Waals surface area (Å²) < 4.78 is 5.31. The van der Waals surface area contributed by atoms with E-state index in [9.17, 15) is 4.79 Å². The average molecular weight is 233 g/mol. The van der Waals surface area contributed by atoms with Crippen molar-refractivity contribution in [3.8, 4) is 0 Å². The van der Waals surface area contributed by atoms with Crippen molar-refractivity contribution in [2.75, 3.05) is 6.54 Å². The fraction of sp³-hybridized carbons (Fsp3) is 0.500. The molecule has 0 aliphatic carbocycles. The van der Waals surface area contributed by atoms with Crippen LogP contribution < -0.4 is 5.32 Å². The summed E-state index contributed by atoms with van der Waals surface area (Å²) in [6, 6.07) is 10.2. The van der Waals surface area contributed by atoms with Gasteiger partial charge >= 0.3 is 5.97 Å². The molecule has 3 heteroatoms. The molecule has 0 saturated carbocycles. The van der Waals surface area contributed by atoms with Gasteiger partial charge in [0.1, 0.15) is 0 Å². The van der Waals surface area contributed by atoms with E-state index in [0.29, 0.717) is 0 Å². The summed E-state index contributed by atoms with van der Waals surface area (Å²) in [4.78, 5) is 12.0. The molecule has 1 fully saturated rings. The van der Waals surface area contributed by atoms with Gasteiger partial charge in [-0.1, -0.05) is 30.3 Å². The molecule has 0 bridgehead atoms. The SMILES string of the molecule is CC(C)OC(=O)[C@H]1CCN[C@H]1c1ccccc1. The maximum absolute atomic E-state index is 12.0. The normalized spacial score (nSPS) is 23.9. The molecule has 0 amide bonds. The highest BCUT2D eigenvalue weighted by molar-refractivity contribution is 5.74. The number of benzene rings is 1. The van der Waals surface area contributed by atoms with Crippen LogP contribution in [0.15, 0.2) is 30.3 Å². The molecular weight excluding hydrogens is 214 g/mol. The van der Waals surface area contributed by atoms with Crippen LogP contribution in [0.3, 0.4) is 0 Å². The van der Waals surface area contributed by atoms with Crippen LogP contribution in [0.4, 0.5) is 0 Å². The Hall–Kier alpha value is -1.35. The molecule has 0 spiro atoms. The van der Waals surface area contributed by atoms with Crippen LogP contribution in [0.2, 0.25) is 0 Å². The Morgan fingerprint density at radius 3 is 2.71 bits per heavy atom. The number of ether oxygens (including phenoxy) is 1. The van der Waals surface area contributed by atoms with E-state index >= 15 is 0 Å². The third-order valence-electron chi connectivity index (χ3n) is 3.04. The number of esters is 1. The molecule has 1 saturated heterocycles. The molecule has 1 N–H and O–H groups in total. The van der Waals surface area contributed by atoms with E-state index in [1.807, 2.05) is 32.0 Å². The van der Waals surface area contributed by atoms with E-state index in [2.05, 4.69) is 17.4 Å². The predicted molar refractivity (Wildman–Crippen MR) is 66.5 cm³/mol. The van der Waals surface area contributed by atoms with Gasteiger partial charge in [-0.25, -0.2) is 0 Å². The molecule has 0 radical (unpaired) electrons. The monoisotopic (exact) mass is 233 g/mol. The van der Waals surface area contributed by atoms with Crippen LogP contribution >= 0.6 is 0 Å². The molecule has 1 heterocycles. The molecule has 2 rings (SSSR count). The van der Waals surface area contributed by atoms with Gasteiger partial charge in [-0.3, -0.25) is 4.79 Å². The summed E-state index contributed by atoms with van der Waals surface area (Å²) in [6.07, 6.45) is 0.810. The van der Waals surface area contributed by atoms with Gasteiger partial charge < -0.3 is 10.1 Å². The zero-order valence-electron chi connectivity index (χ0n) is 10.3. The summed E-state index contributed by atoms with van der Waals surface area (Å²) >= 11 is 0. The van der Waals surface area contributed by atoms with Gasteiger partial charge in [0.25, 0.3) is 0 Å². The van der Waals surface area contributed by atoms with Crippen LogP contribution in [-0.2, 0) is 9.53 Å². The van der Waals surface area contributed by atoms with E-state index in [1.54, 1.807) is 0 Å². The minimum absolute atomic E-state index is 0.0421. The van der Waals surface area contributed by atoms with Crippen LogP contribution in [0.25, 0.3) is 0 Å². The van der Waals surface area contributed by atoms with E-state index < -0.39 is 0 Å². The van der Waals surface area contributed by atoms with Gasteiger partial charge in [-0.15, -0.1) is 0 Å². The van der Waals surface area contributed by atoms with E-state index in [4.69, 9.17) is 4.74 Å². The third-order valence-corrected chi connectivity index (χ3v) is 3.04. The van der Waals surface area contributed by atoms with Crippen molar-refractivity contribution in [2.45, 2.75) is 32.4 Å². The van der Waals surface area contributed by atoms with Gasteiger partial charge in [-0.2, -0.15) is 0 Å². The second-order valence-electron chi connectivity index (χ2n) is 4.72. The Labute approximate surface area is 102 Å². The van der Waals surface area contributed by atoms with Gasteiger partial charge in [0.2, 0.25) is 0 Å². The van der Waals surface area contributed by atoms with E-state index in [0.717, 1.165) is 18.5 Å².